The minimum Gasteiger partial charge on any atom is -0.392 e. The largest absolute Gasteiger partial charge is 0.392 e. The van der Waals surface area contributed by atoms with Crippen LogP contribution in [-0.2, 0) is 16.6 Å². The summed E-state index contributed by atoms with van der Waals surface area (Å²) in [5, 5.41) is 9.26. The van der Waals surface area contributed by atoms with Crippen molar-refractivity contribution in [2.45, 2.75) is 18.4 Å². The van der Waals surface area contributed by atoms with E-state index in [1.165, 1.54) is 18.2 Å². The summed E-state index contributed by atoms with van der Waals surface area (Å²) in [6, 6.07) is 9.82. The number of sulfonamides is 1. The Morgan fingerprint density at radius 2 is 1.90 bits per heavy atom. The van der Waals surface area contributed by atoms with Gasteiger partial charge in [-0.25, -0.2) is 12.8 Å². The molecule has 6 heteroatoms. The molecule has 0 saturated carbocycles. The van der Waals surface area contributed by atoms with E-state index in [4.69, 9.17) is 0 Å². The van der Waals surface area contributed by atoms with Crippen LogP contribution in [0.5, 0.6) is 0 Å². The Bertz CT molecular complexity index is 729. The van der Waals surface area contributed by atoms with Crippen LogP contribution in [0.1, 0.15) is 11.1 Å². The van der Waals surface area contributed by atoms with Crippen molar-refractivity contribution in [3.63, 3.8) is 0 Å². The molecule has 2 N–H and O–H groups in total. The van der Waals surface area contributed by atoms with E-state index < -0.39 is 15.8 Å². The lowest BCUT2D eigenvalue weighted by Gasteiger charge is -2.14. The van der Waals surface area contributed by atoms with Crippen LogP contribution >= 0.6 is 0 Å². The van der Waals surface area contributed by atoms with Crippen LogP contribution in [0.15, 0.2) is 47.4 Å². The summed E-state index contributed by atoms with van der Waals surface area (Å²) in [5.41, 5.74) is 1.46. The molecule has 0 amide bonds. The predicted molar refractivity (Wildman–Crippen MR) is 74.3 cm³/mol. The number of nitrogens with one attached hydrogen (secondary N) is 1. The van der Waals surface area contributed by atoms with Crippen LogP contribution in [0.4, 0.5) is 10.1 Å². The molecule has 20 heavy (non-hydrogen) atoms. The lowest BCUT2D eigenvalue weighted by molar-refractivity contribution is 0.282. The molecule has 2 rings (SSSR count). The topological polar surface area (TPSA) is 66.4 Å². The highest BCUT2D eigenvalue weighted by molar-refractivity contribution is 7.92. The van der Waals surface area contributed by atoms with Crippen molar-refractivity contribution in [3.05, 3.63) is 59.4 Å². The summed E-state index contributed by atoms with van der Waals surface area (Å²) in [6.45, 7) is 1.44. The van der Waals surface area contributed by atoms with E-state index >= 15 is 0 Å². The second kappa shape index (κ2) is 5.60. The Labute approximate surface area is 116 Å². The van der Waals surface area contributed by atoms with Gasteiger partial charge < -0.3 is 5.11 Å². The van der Waals surface area contributed by atoms with Gasteiger partial charge in [0, 0.05) is 5.56 Å². The highest BCUT2D eigenvalue weighted by Crippen LogP contribution is 2.24. The Morgan fingerprint density at radius 3 is 2.55 bits per heavy atom. The van der Waals surface area contributed by atoms with Crippen molar-refractivity contribution in [1.82, 2.24) is 0 Å². The first-order valence-corrected chi connectivity index (χ1v) is 7.40. The zero-order chi connectivity index (χ0) is 14.8. The molecule has 0 radical (unpaired) electrons. The maximum absolute atomic E-state index is 13.1. The quantitative estimate of drug-likeness (QED) is 0.910. The predicted octanol–water partition coefficient (Wildman–Crippen LogP) is 2.43. The number of halogens is 1. The van der Waals surface area contributed by atoms with Crippen LogP contribution in [-0.4, -0.2) is 13.5 Å². The molecule has 2 aromatic carbocycles. The fraction of sp³-hybridized carbons (Fsp3) is 0.143. The first-order chi connectivity index (χ1) is 9.44. The number of hydrogen-bond acceptors (Lipinski definition) is 3. The van der Waals surface area contributed by atoms with Gasteiger partial charge in [-0.15, -0.1) is 0 Å². The van der Waals surface area contributed by atoms with Crippen molar-refractivity contribution in [1.29, 1.82) is 0 Å². The molecule has 0 saturated heterocycles. The lowest BCUT2D eigenvalue weighted by atomic mass is 10.1. The summed E-state index contributed by atoms with van der Waals surface area (Å²) in [6.07, 6.45) is 0. The second-order valence-corrected chi connectivity index (χ2v) is 6.01. The number of hydrogen-bond donors (Lipinski definition) is 2. The van der Waals surface area contributed by atoms with Gasteiger partial charge in [0.05, 0.1) is 17.2 Å². The molecule has 0 aliphatic rings. The van der Waals surface area contributed by atoms with Gasteiger partial charge in [0.15, 0.2) is 0 Å². The minimum atomic E-state index is -3.89. The van der Waals surface area contributed by atoms with E-state index in [9.17, 15) is 17.9 Å². The first kappa shape index (κ1) is 14.5. The standard InChI is InChI=1S/C14H14FNO3S/c1-10-4-2-5-11(9-17)14(10)16-20(18,19)13-7-3-6-12(15)8-13/h2-8,16-17H,9H2,1H3. The van der Waals surface area contributed by atoms with Gasteiger partial charge in [0.1, 0.15) is 5.82 Å². The third-order valence-corrected chi connectivity index (χ3v) is 4.22. The highest BCUT2D eigenvalue weighted by Gasteiger charge is 2.17. The van der Waals surface area contributed by atoms with Gasteiger partial charge in [-0.05, 0) is 30.7 Å². The molecule has 2 aromatic rings. The molecule has 0 aliphatic carbocycles. The van der Waals surface area contributed by atoms with E-state index in [1.807, 2.05) is 0 Å². The number of aliphatic hydroxyl groups is 1. The summed E-state index contributed by atoms with van der Waals surface area (Å²) in [7, 11) is -3.89. The normalized spacial score (nSPS) is 11.3. The monoisotopic (exact) mass is 295 g/mol. The third-order valence-electron chi connectivity index (χ3n) is 2.87. The Morgan fingerprint density at radius 1 is 1.20 bits per heavy atom. The van der Waals surface area contributed by atoms with Crippen molar-refractivity contribution in [2.75, 3.05) is 4.72 Å². The van der Waals surface area contributed by atoms with Crippen molar-refractivity contribution >= 4 is 15.7 Å². The van der Waals surface area contributed by atoms with Gasteiger partial charge in [0.2, 0.25) is 0 Å². The Kier molecular flexibility index (Phi) is 4.06. The average Bonchev–Trinajstić information content (AvgIpc) is 2.41. The first-order valence-electron chi connectivity index (χ1n) is 5.92. The molecule has 0 aromatic heterocycles. The molecule has 4 nitrogen and oxygen atoms in total. The molecule has 0 bridgehead atoms. The SMILES string of the molecule is Cc1cccc(CO)c1NS(=O)(=O)c1cccc(F)c1. The zero-order valence-corrected chi connectivity index (χ0v) is 11.6. The molecule has 0 unspecified atom stereocenters. The summed E-state index contributed by atoms with van der Waals surface area (Å²) in [5.74, 6) is -0.625. The molecule has 0 fully saturated rings. The fourth-order valence-corrected chi connectivity index (χ4v) is 3.04. The average molecular weight is 295 g/mol. The Hall–Kier alpha value is -1.92. The lowest BCUT2D eigenvalue weighted by Crippen LogP contribution is -2.15. The van der Waals surface area contributed by atoms with Crippen molar-refractivity contribution in [2.24, 2.45) is 0 Å². The van der Waals surface area contributed by atoms with E-state index in [1.54, 1.807) is 25.1 Å². The van der Waals surface area contributed by atoms with Crippen LogP contribution < -0.4 is 4.72 Å². The Balaban J connectivity index is 2.44. The maximum Gasteiger partial charge on any atom is 0.262 e. The summed E-state index contributed by atoms with van der Waals surface area (Å²) in [4.78, 5) is -0.162. The minimum absolute atomic E-state index is 0.162. The molecule has 0 aliphatic heterocycles. The number of aryl methyl sites for hydroxylation is 1. The molecule has 0 heterocycles. The number of para-hydroxylation sites is 1. The smallest absolute Gasteiger partial charge is 0.262 e. The van der Waals surface area contributed by atoms with Crippen LogP contribution in [0.2, 0.25) is 0 Å². The third kappa shape index (κ3) is 2.97. The van der Waals surface area contributed by atoms with Gasteiger partial charge >= 0.3 is 0 Å². The van der Waals surface area contributed by atoms with Gasteiger partial charge in [-0.3, -0.25) is 4.72 Å². The van der Waals surface area contributed by atoms with E-state index in [2.05, 4.69) is 4.72 Å². The van der Waals surface area contributed by atoms with Gasteiger partial charge in [-0.2, -0.15) is 0 Å². The van der Waals surface area contributed by atoms with Gasteiger partial charge in [-0.1, -0.05) is 24.3 Å². The summed E-state index contributed by atoms with van der Waals surface area (Å²) >= 11 is 0. The number of benzene rings is 2. The molecular weight excluding hydrogens is 281 g/mol. The number of aliphatic hydroxyl groups excluding tert-OH is 1. The van der Waals surface area contributed by atoms with Crippen LogP contribution in [0.25, 0.3) is 0 Å². The zero-order valence-electron chi connectivity index (χ0n) is 10.8. The maximum atomic E-state index is 13.1. The molecular formula is C14H14FNO3S. The number of anilines is 1. The highest BCUT2D eigenvalue weighted by atomic mass is 32.2. The van der Waals surface area contributed by atoms with Crippen molar-refractivity contribution < 1.29 is 17.9 Å². The van der Waals surface area contributed by atoms with E-state index in [0.29, 0.717) is 16.8 Å². The van der Waals surface area contributed by atoms with E-state index in [-0.39, 0.29) is 11.5 Å². The van der Waals surface area contributed by atoms with E-state index in [0.717, 1.165) is 6.07 Å². The second-order valence-electron chi connectivity index (χ2n) is 4.33. The number of rotatable bonds is 4. The molecule has 106 valence electrons. The molecule has 0 atom stereocenters. The van der Waals surface area contributed by atoms with Crippen LogP contribution in [0, 0.1) is 12.7 Å². The van der Waals surface area contributed by atoms with Crippen molar-refractivity contribution in [3.8, 4) is 0 Å². The molecule has 0 spiro atoms. The fourth-order valence-electron chi connectivity index (χ4n) is 1.83. The van der Waals surface area contributed by atoms with Crippen LogP contribution in [0.3, 0.4) is 0 Å². The van der Waals surface area contributed by atoms with Gasteiger partial charge in [0.25, 0.3) is 10.0 Å². The summed E-state index contributed by atoms with van der Waals surface area (Å²) < 4.78 is 40.0.